The van der Waals surface area contributed by atoms with E-state index in [0.29, 0.717) is 28.5 Å². The Morgan fingerprint density at radius 3 is 2.29 bits per heavy atom. The number of carbonyl (C=O) groups excluding carboxylic acids is 2. The highest BCUT2D eigenvalue weighted by Gasteiger charge is 2.48. The number of hydrogen-bond acceptors (Lipinski definition) is 5. The number of carbonyl (C=O) groups is 2. The third-order valence-corrected chi connectivity index (χ3v) is 6.43. The first-order valence-corrected chi connectivity index (χ1v) is 11.6. The summed E-state index contributed by atoms with van der Waals surface area (Å²) in [6, 6.07) is 15.1. The molecular weight excluding hydrogens is 498 g/mol. The molecule has 7 heteroatoms. The van der Waals surface area contributed by atoms with Crippen LogP contribution in [0.2, 0.25) is 0 Å². The van der Waals surface area contributed by atoms with Crippen molar-refractivity contribution in [2.45, 2.75) is 39.2 Å². The van der Waals surface area contributed by atoms with E-state index in [-0.39, 0.29) is 16.7 Å². The highest BCUT2D eigenvalue weighted by Crippen LogP contribution is 2.44. The lowest BCUT2D eigenvalue weighted by molar-refractivity contribution is -0.132. The lowest BCUT2D eigenvalue weighted by atomic mass is 9.85. The van der Waals surface area contributed by atoms with Gasteiger partial charge in [-0.05, 0) is 66.4 Å². The van der Waals surface area contributed by atoms with E-state index in [0.717, 1.165) is 10.0 Å². The van der Waals surface area contributed by atoms with Gasteiger partial charge in [-0.3, -0.25) is 14.5 Å². The molecule has 1 atom stereocenters. The third kappa shape index (κ3) is 4.16. The average molecular weight is 524 g/mol. The molecule has 1 aliphatic heterocycles. The summed E-state index contributed by atoms with van der Waals surface area (Å²) in [5, 5.41) is 11.5. The van der Waals surface area contributed by atoms with Gasteiger partial charge in [0.1, 0.15) is 29.1 Å². The van der Waals surface area contributed by atoms with Gasteiger partial charge in [-0.2, -0.15) is 0 Å². The van der Waals surface area contributed by atoms with Crippen molar-refractivity contribution < 1.29 is 23.8 Å². The summed E-state index contributed by atoms with van der Waals surface area (Å²) in [5.41, 5.74) is 1.55. The van der Waals surface area contributed by atoms with E-state index in [1.54, 1.807) is 55.5 Å². The number of aliphatic hydroxyl groups excluding tert-OH is 1. The number of Topliss-reactive ketones (excluding diaryl/α,β-unsaturated/α-hetero) is 1. The van der Waals surface area contributed by atoms with E-state index >= 15 is 0 Å². The van der Waals surface area contributed by atoms with Gasteiger partial charge < -0.3 is 14.3 Å². The second-order valence-electron chi connectivity index (χ2n) is 9.26. The summed E-state index contributed by atoms with van der Waals surface area (Å²) in [6.07, 6.45) is 0. The fraction of sp³-hybridized carbons (Fsp3) is 0.259. The minimum absolute atomic E-state index is 0.0494. The summed E-state index contributed by atoms with van der Waals surface area (Å²) >= 11 is 3.40. The van der Waals surface area contributed by atoms with Crippen LogP contribution in [0, 0.1) is 6.92 Å². The quantitative estimate of drug-likeness (QED) is 0.247. The lowest BCUT2D eigenvalue weighted by Gasteiger charge is -2.24. The Kier molecular flexibility index (Phi) is 6.16. The molecule has 6 nitrogen and oxygen atoms in total. The summed E-state index contributed by atoms with van der Waals surface area (Å²) < 4.78 is 12.2. The number of nitrogens with zero attached hydrogens (tertiary/aromatic N) is 1. The summed E-state index contributed by atoms with van der Waals surface area (Å²) in [7, 11) is 1.50. The van der Waals surface area contributed by atoms with E-state index in [2.05, 4.69) is 36.7 Å². The monoisotopic (exact) mass is 523 g/mol. The van der Waals surface area contributed by atoms with E-state index in [1.165, 1.54) is 12.0 Å². The van der Waals surface area contributed by atoms with E-state index < -0.39 is 17.7 Å². The van der Waals surface area contributed by atoms with Crippen LogP contribution in [0.4, 0.5) is 5.69 Å². The Bertz CT molecular complexity index is 1300. The van der Waals surface area contributed by atoms with Gasteiger partial charge in [0.25, 0.3) is 11.7 Å². The number of aryl methyl sites for hydroxylation is 1. The molecule has 1 N–H and O–H groups in total. The molecule has 1 saturated heterocycles. The molecule has 2 aromatic carbocycles. The van der Waals surface area contributed by atoms with Crippen LogP contribution in [0.3, 0.4) is 0 Å². The molecule has 176 valence electrons. The molecular formula is C27H26BrNO5. The minimum Gasteiger partial charge on any atom is -0.507 e. The average Bonchev–Trinajstić information content (AvgIpc) is 3.33. The number of benzene rings is 2. The van der Waals surface area contributed by atoms with Gasteiger partial charge in [0.05, 0.1) is 18.2 Å². The first-order chi connectivity index (χ1) is 16.0. The van der Waals surface area contributed by atoms with Crippen LogP contribution >= 0.6 is 15.9 Å². The molecule has 4 rings (SSSR count). The third-order valence-electron chi connectivity index (χ3n) is 5.90. The van der Waals surface area contributed by atoms with Crippen LogP contribution < -0.4 is 9.64 Å². The molecule has 0 bridgehead atoms. The number of amides is 1. The molecule has 1 unspecified atom stereocenters. The predicted octanol–water partition coefficient (Wildman–Crippen LogP) is 6.28. The van der Waals surface area contributed by atoms with Crippen molar-refractivity contribution in [3.63, 3.8) is 0 Å². The van der Waals surface area contributed by atoms with Crippen molar-refractivity contribution in [1.82, 2.24) is 0 Å². The van der Waals surface area contributed by atoms with Crippen LogP contribution in [0.5, 0.6) is 5.75 Å². The van der Waals surface area contributed by atoms with E-state index in [9.17, 15) is 14.7 Å². The van der Waals surface area contributed by atoms with Gasteiger partial charge >= 0.3 is 0 Å². The maximum Gasteiger partial charge on any atom is 0.300 e. The summed E-state index contributed by atoms with van der Waals surface area (Å²) in [5.74, 6) is -0.429. The number of anilines is 1. The molecule has 0 radical (unpaired) electrons. The summed E-state index contributed by atoms with van der Waals surface area (Å²) in [4.78, 5) is 28.0. The molecule has 0 spiro atoms. The van der Waals surface area contributed by atoms with Crippen molar-refractivity contribution >= 4 is 39.1 Å². The van der Waals surface area contributed by atoms with Crippen molar-refractivity contribution in [2.75, 3.05) is 12.0 Å². The highest BCUT2D eigenvalue weighted by atomic mass is 79.9. The maximum absolute atomic E-state index is 13.3. The topological polar surface area (TPSA) is 80.0 Å². The second kappa shape index (κ2) is 8.80. The molecule has 1 aliphatic rings. The molecule has 1 fully saturated rings. The fourth-order valence-corrected chi connectivity index (χ4v) is 4.34. The van der Waals surface area contributed by atoms with Gasteiger partial charge in [0, 0.05) is 10.2 Å². The van der Waals surface area contributed by atoms with Crippen molar-refractivity contribution in [1.29, 1.82) is 0 Å². The van der Waals surface area contributed by atoms with Gasteiger partial charge in [-0.25, -0.2) is 0 Å². The number of halogens is 1. The fourth-order valence-electron chi connectivity index (χ4n) is 4.07. The zero-order valence-corrected chi connectivity index (χ0v) is 21.3. The molecule has 34 heavy (non-hydrogen) atoms. The SMILES string of the molecule is COc1ccc(C(C)(C)C)cc1/C(O)=C1\C(=O)C(=O)N(c2ccc(Br)cc2)C1c1ccc(C)o1. The molecule has 3 aromatic rings. The lowest BCUT2D eigenvalue weighted by Crippen LogP contribution is -2.29. The molecule has 0 aliphatic carbocycles. The van der Waals surface area contributed by atoms with Gasteiger partial charge in [-0.15, -0.1) is 0 Å². The number of rotatable bonds is 4. The Hall–Kier alpha value is -3.32. The smallest absolute Gasteiger partial charge is 0.300 e. The zero-order chi connectivity index (χ0) is 24.8. The number of ether oxygens (including phenoxy) is 1. The van der Waals surface area contributed by atoms with Gasteiger partial charge in [0.2, 0.25) is 0 Å². The number of hydrogen-bond donors (Lipinski definition) is 1. The first kappa shape index (κ1) is 23.8. The Labute approximate surface area is 207 Å². The maximum atomic E-state index is 13.3. The van der Waals surface area contributed by atoms with Crippen LogP contribution in [0.1, 0.15) is 49.5 Å². The summed E-state index contributed by atoms with van der Waals surface area (Å²) in [6.45, 7) is 7.94. The van der Waals surface area contributed by atoms with Crippen molar-refractivity contribution in [3.05, 3.63) is 87.3 Å². The van der Waals surface area contributed by atoms with Crippen molar-refractivity contribution in [3.8, 4) is 5.75 Å². The standard InChI is InChI=1S/C27H26BrNO5/c1-15-6-12-21(34-15)23-22(25(31)26(32)29(23)18-10-8-17(28)9-11-18)24(30)19-14-16(27(2,3)4)7-13-20(19)33-5/h6-14,23,30H,1-5H3/b24-22+. The molecule has 1 amide bonds. The Balaban J connectivity index is 1.98. The molecule has 2 heterocycles. The number of methoxy groups -OCH3 is 1. The minimum atomic E-state index is -0.933. The molecule has 0 saturated carbocycles. The Morgan fingerprint density at radius 2 is 1.74 bits per heavy atom. The number of aliphatic hydroxyl groups is 1. The predicted molar refractivity (Wildman–Crippen MR) is 134 cm³/mol. The highest BCUT2D eigenvalue weighted by molar-refractivity contribution is 9.10. The van der Waals surface area contributed by atoms with Gasteiger partial charge in [0.15, 0.2) is 0 Å². The second-order valence-corrected chi connectivity index (χ2v) is 10.2. The van der Waals surface area contributed by atoms with Crippen LogP contribution in [-0.2, 0) is 15.0 Å². The number of furan rings is 1. The Morgan fingerprint density at radius 1 is 1.06 bits per heavy atom. The van der Waals surface area contributed by atoms with Crippen LogP contribution in [0.15, 0.2) is 69.1 Å². The van der Waals surface area contributed by atoms with E-state index in [1.807, 2.05) is 6.07 Å². The zero-order valence-electron chi connectivity index (χ0n) is 19.7. The van der Waals surface area contributed by atoms with E-state index in [4.69, 9.17) is 9.15 Å². The van der Waals surface area contributed by atoms with Gasteiger partial charge in [-0.1, -0.05) is 42.8 Å². The largest absolute Gasteiger partial charge is 0.507 e. The van der Waals surface area contributed by atoms with Crippen molar-refractivity contribution in [2.24, 2.45) is 0 Å². The number of ketones is 1. The first-order valence-electron chi connectivity index (χ1n) is 10.8. The molecule has 1 aromatic heterocycles. The van der Waals surface area contributed by atoms with Crippen LogP contribution in [-0.4, -0.2) is 23.9 Å². The van der Waals surface area contributed by atoms with Crippen LogP contribution in [0.25, 0.3) is 5.76 Å². The normalized spacial score (nSPS) is 17.9.